The molecule has 1 saturated heterocycles. The first-order valence-corrected chi connectivity index (χ1v) is 7.73. The molecular formula is C14H30N4. The van der Waals surface area contributed by atoms with Crippen LogP contribution in [0, 0.1) is 0 Å². The van der Waals surface area contributed by atoms with Crippen LogP contribution in [-0.4, -0.2) is 55.7 Å². The van der Waals surface area contributed by atoms with Crippen LogP contribution in [0.2, 0.25) is 0 Å². The molecule has 1 atom stereocenters. The number of hydrogen-bond acceptors (Lipinski definition) is 4. The Balaban J connectivity index is 1.53. The average molecular weight is 254 g/mol. The van der Waals surface area contributed by atoms with Crippen molar-refractivity contribution in [3.8, 4) is 0 Å². The van der Waals surface area contributed by atoms with Crippen LogP contribution < -0.4 is 16.4 Å². The van der Waals surface area contributed by atoms with Crippen molar-refractivity contribution in [2.75, 3.05) is 32.7 Å². The van der Waals surface area contributed by atoms with E-state index in [0.717, 1.165) is 31.6 Å². The van der Waals surface area contributed by atoms with Gasteiger partial charge in [-0.2, -0.15) is 0 Å². The maximum absolute atomic E-state index is 5.61. The van der Waals surface area contributed by atoms with Crippen LogP contribution in [0.1, 0.15) is 39.0 Å². The van der Waals surface area contributed by atoms with Crippen LogP contribution in [0.15, 0.2) is 0 Å². The Bertz CT molecular complexity index is 224. The van der Waals surface area contributed by atoms with Crippen LogP contribution in [0.3, 0.4) is 0 Å². The predicted octanol–water partition coefficient (Wildman–Crippen LogP) is 0.530. The summed E-state index contributed by atoms with van der Waals surface area (Å²) in [5.41, 5.74) is 5.61. The van der Waals surface area contributed by atoms with Gasteiger partial charge < -0.3 is 21.3 Å². The zero-order valence-corrected chi connectivity index (χ0v) is 11.8. The van der Waals surface area contributed by atoms with E-state index in [0.29, 0.717) is 6.04 Å². The third-order valence-corrected chi connectivity index (χ3v) is 4.14. The molecule has 2 fully saturated rings. The highest BCUT2D eigenvalue weighted by Gasteiger charge is 2.26. The largest absolute Gasteiger partial charge is 0.330 e. The van der Waals surface area contributed by atoms with Crippen molar-refractivity contribution in [3.05, 3.63) is 0 Å². The number of nitrogens with one attached hydrogen (secondary N) is 2. The molecule has 4 nitrogen and oxygen atoms in total. The maximum atomic E-state index is 5.61. The third kappa shape index (κ3) is 4.84. The first-order valence-electron chi connectivity index (χ1n) is 7.73. The lowest BCUT2D eigenvalue weighted by Gasteiger charge is -2.39. The summed E-state index contributed by atoms with van der Waals surface area (Å²) in [5, 5.41) is 7.42. The molecule has 0 amide bonds. The molecule has 106 valence electrons. The summed E-state index contributed by atoms with van der Waals surface area (Å²) in [6.07, 6.45) is 6.39. The standard InChI is InChI=1S/C14H30N4/c1-2-18-10-14(11-18)16-9-7-12(4-3-8-15)17-13-5-6-13/h12-14,16-17H,2-11,15H2,1H3. The molecule has 2 aliphatic rings. The van der Waals surface area contributed by atoms with E-state index >= 15 is 0 Å². The number of likely N-dealkylation sites (N-methyl/N-ethyl adjacent to an activating group) is 1. The van der Waals surface area contributed by atoms with Gasteiger partial charge in [-0.05, 0) is 51.7 Å². The van der Waals surface area contributed by atoms with Crippen molar-refractivity contribution < 1.29 is 0 Å². The van der Waals surface area contributed by atoms with Gasteiger partial charge in [-0.3, -0.25) is 0 Å². The number of rotatable bonds is 10. The second-order valence-electron chi connectivity index (χ2n) is 5.86. The van der Waals surface area contributed by atoms with Gasteiger partial charge in [-0.25, -0.2) is 0 Å². The molecule has 1 unspecified atom stereocenters. The molecule has 0 spiro atoms. The van der Waals surface area contributed by atoms with Gasteiger partial charge in [0.2, 0.25) is 0 Å². The van der Waals surface area contributed by atoms with Crippen LogP contribution in [0.4, 0.5) is 0 Å². The summed E-state index contributed by atoms with van der Waals surface area (Å²) in [7, 11) is 0. The van der Waals surface area contributed by atoms with Gasteiger partial charge in [-0.1, -0.05) is 6.92 Å². The summed E-state index contributed by atoms with van der Waals surface area (Å²) < 4.78 is 0. The minimum absolute atomic E-state index is 0.677. The molecule has 0 aromatic carbocycles. The second kappa shape index (κ2) is 7.43. The van der Waals surface area contributed by atoms with E-state index in [1.165, 1.54) is 45.3 Å². The molecular weight excluding hydrogens is 224 g/mol. The Kier molecular flexibility index (Phi) is 5.89. The fraction of sp³-hybridized carbons (Fsp3) is 1.00. The summed E-state index contributed by atoms with van der Waals surface area (Å²) in [5.74, 6) is 0. The third-order valence-electron chi connectivity index (χ3n) is 4.14. The highest BCUT2D eigenvalue weighted by atomic mass is 15.2. The summed E-state index contributed by atoms with van der Waals surface area (Å²) in [4.78, 5) is 2.48. The van der Waals surface area contributed by atoms with E-state index in [-0.39, 0.29) is 0 Å². The fourth-order valence-corrected chi connectivity index (χ4v) is 2.68. The Labute approximate surface area is 112 Å². The summed E-state index contributed by atoms with van der Waals surface area (Å²) >= 11 is 0. The molecule has 0 aromatic rings. The molecule has 1 aliphatic carbocycles. The molecule has 0 aromatic heterocycles. The van der Waals surface area contributed by atoms with Crippen LogP contribution in [0.25, 0.3) is 0 Å². The van der Waals surface area contributed by atoms with Gasteiger partial charge >= 0.3 is 0 Å². The van der Waals surface area contributed by atoms with Gasteiger partial charge in [0.25, 0.3) is 0 Å². The van der Waals surface area contributed by atoms with Crippen molar-refractivity contribution in [1.82, 2.24) is 15.5 Å². The van der Waals surface area contributed by atoms with Crippen molar-refractivity contribution >= 4 is 0 Å². The number of nitrogens with zero attached hydrogens (tertiary/aromatic N) is 1. The molecule has 4 N–H and O–H groups in total. The molecule has 1 saturated carbocycles. The van der Waals surface area contributed by atoms with Crippen LogP contribution in [0.5, 0.6) is 0 Å². The maximum Gasteiger partial charge on any atom is 0.0322 e. The van der Waals surface area contributed by atoms with Gasteiger partial charge in [0.05, 0.1) is 0 Å². The second-order valence-corrected chi connectivity index (χ2v) is 5.86. The van der Waals surface area contributed by atoms with Crippen LogP contribution in [-0.2, 0) is 0 Å². The minimum atomic E-state index is 0.677. The monoisotopic (exact) mass is 254 g/mol. The molecule has 4 heteroatoms. The Hall–Kier alpha value is -0.160. The highest BCUT2D eigenvalue weighted by Crippen LogP contribution is 2.21. The summed E-state index contributed by atoms with van der Waals surface area (Å²) in [6, 6.07) is 2.23. The van der Waals surface area contributed by atoms with Crippen molar-refractivity contribution in [3.63, 3.8) is 0 Å². The summed E-state index contributed by atoms with van der Waals surface area (Å²) in [6.45, 7) is 7.88. The van der Waals surface area contributed by atoms with E-state index < -0.39 is 0 Å². The smallest absolute Gasteiger partial charge is 0.0322 e. The van der Waals surface area contributed by atoms with Crippen molar-refractivity contribution in [2.24, 2.45) is 5.73 Å². The van der Waals surface area contributed by atoms with Gasteiger partial charge in [0.15, 0.2) is 0 Å². The Morgan fingerprint density at radius 1 is 1.22 bits per heavy atom. The van der Waals surface area contributed by atoms with E-state index in [9.17, 15) is 0 Å². The number of hydrogen-bond donors (Lipinski definition) is 3. The van der Waals surface area contributed by atoms with E-state index in [1.807, 2.05) is 0 Å². The predicted molar refractivity (Wildman–Crippen MR) is 76.8 cm³/mol. The average Bonchev–Trinajstić information content (AvgIpc) is 3.12. The Morgan fingerprint density at radius 3 is 2.61 bits per heavy atom. The quantitative estimate of drug-likeness (QED) is 0.532. The molecule has 0 radical (unpaired) electrons. The van der Waals surface area contributed by atoms with Gasteiger partial charge in [0.1, 0.15) is 0 Å². The topological polar surface area (TPSA) is 53.3 Å². The zero-order valence-electron chi connectivity index (χ0n) is 11.8. The molecule has 1 aliphatic heterocycles. The minimum Gasteiger partial charge on any atom is -0.330 e. The van der Waals surface area contributed by atoms with Crippen molar-refractivity contribution in [1.29, 1.82) is 0 Å². The first-order chi connectivity index (χ1) is 8.81. The van der Waals surface area contributed by atoms with E-state index in [4.69, 9.17) is 5.73 Å². The molecule has 0 bridgehead atoms. The normalized spacial score (nSPS) is 23.0. The lowest BCUT2D eigenvalue weighted by Crippen LogP contribution is -2.58. The van der Waals surface area contributed by atoms with E-state index in [2.05, 4.69) is 22.5 Å². The lowest BCUT2D eigenvalue weighted by molar-refractivity contribution is 0.133. The van der Waals surface area contributed by atoms with Crippen LogP contribution >= 0.6 is 0 Å². The van der Waals surface area contributed by atoms with E-state index in [1.54, 1.807) is 0 Å². The lowest BCUT2D eigenvalue weighted by atomic mass is 10.1. The highest BCUT2D eigenvalue weighted by molar-refractivity contribution is 4.87. The van der Waals surface area contributed by atoms with Gasteiger partial charge in [0, 0.05) is 31.2 Å². The molecule has 18 heavy (non-hydrogen) atoms. The number of likely N-dealkylation sites (tertiary alicyclic amines) is 1. The van der Waals surface area contributed by atoms with Gasteiger partial charge in [-0.15, -0.1) is 0 Å². The fourth-order valence-electron chi connectivity index (χ4n) is 2.68. The number of nitrogens with two attached hydrogens (primary N) is 1. The molecule has 1 heterocycles. The SMILES string of the molecule is CCN1CC(NCCC(CCCN)NC2CC2)C1. The Morgan fingerprint density at radius 2 is 2.00 bits per heavy atom. The first kappa shape index (κ1) is 14.3. The molecule has 2 rings (SSSR count). The zero-order chi connectivity index (χ0) is 12.8. The van der Waals surface area contributed by atoms with Crippen molar-refractivity contribution in [2.45, 2.75) is 57.2 Å².